The third kappa shape index (κ3) is 4.33. The van der Waals surface area contributed by atoms with Crippen molar-refractivity contribution in [2.45, 2.75) is 35.8 Å². The number of carbonyl (C=O) groups is 1. The Morgan fingerprint density at radius 1 is 1.21 bits per heavy atom. The normalized spacial score (nSPS) is 14.6. The van der Waals surface area contributed by atoms with Crippen LogP contribution in [-0.2, 0) is 11.3 Å². The maximum absolute atomic E-state index is 13.3. The van der Waals surface area contributed by atoms with Gasteiger partial charge in [-0.05, 0) is 36.1 Å². The zero-order valence-electron chi connectivity index (χ0n) is 15.0. The van der Waals surface area contributed by atoms with E-state index < -0.39 is 5.25 Å². The van der Waals surface area contributed by atoms with Gasteiger partial charge in [-0.1, -0.05) is 54.2 Å². The van der Waals surface area contributed by atoms with Gasteiger partial charge in [-0.15, -0.1) is 5.10 Å². The Morgan fingerprint density at radius 2 is 1.93 bits per heavy atom. The topological polar surface area (TPSA) is 79.8 Å². The van der Waals surface area contributed by atoms with Crippen molar-refractivity contribution in [3.05, 3.63) is 82.0 Å². The van der Waals surface area contributed by atoms with E-state index in [1.54, 1.807) is 12.1 Å². The summed E-state index contributed by atoms with van der Waals surface area (Å²) < 4.78 is 14.8. The summed E-state index contributed by atoms with van der Waals surface area (Å²) in [4.78, 5) is 25.1. The highest BCUT2D eigenvalue weighted by atomic mass is 32.2. The molecule has 0 radical (unpaired) electrons. The molecule has 1 heterocycles. The second-order valence-corrected chi connectivity index (χ2v) is 7.79. The zero-order valence-corrected chi connectivity index (χ0v) is 15.8. The molecular formula is C20H19FN4O2S. The molecular weight excluding hydrogens is 379 g/mol. The summed E-state index contributed by atoms with van der Waals surface area (Å²) in [6, 6.07) is 15.6. The molecule has 0 bridgehead atoms. The average molecular weight is 398 g/mol. The minimum absolute atomic E-state index is 0.166. The van der Waals surface area contributed by atoms with Crippen molar-refractivity contribution in [3.63, 3.8) is 0 Å². The first kappa shape index (κ1) is 18.5. The van der Waals surface area contributed by atoms with Gasteiger partial charge in [0.25, 0.3) is 0 Å². The third-order valence-corrected chi connectivity index (χ3v) is 5.71. The number of amides is 1. The molecule has 0 aliphatic heterocycles. The molecule has 4 rings (SSSR count). The fraction of sp³-hybridized carbons (Fsp3) is 0.250. The Balaban J connectivity index is 1.62. The molecule has 1 fully saturated rings. The van der Waals surface area contributed by atoms with Crippen LogP contribution in [0.25, 0.3) is 0 Å². The molecule has 1 aromatic heterocycles. The van der Waals surface area contributed by atoms with Gasteiger partial charge in [0.15, 0.2) is 5.16 Å². The van der Waals surface area contributed by atoms with Crippen LogP contribution in [0.4, 0.5) is 4.39 Å². The van der Waals surface area contributed by atoms with Gasteiger partial charge in [0.1, 0.15) is 11.1 Å². The molecule has 1 aliphatic rings. The number of nitrogens with one attached hydrogen (secondary N) is 2. The maximum atomic E-state index is 13.3. The van der Waals surface area contributed by atoms with E-state index in [1.165, 1.54) is 28.5 Å². The standard InChI is InChI=1S/C20H19FN4O2S/c21-15-8-6-14(7-9-15)17(18(26)22-16-10-11-16)28-20-24-23-19(27)25(20)12-13-4-2-1-3-5-13/h1-9,16-17H,10-12H2,(H,22,26)(H,23,27). The van der Waals surface area contributed by atoms with Crippen LogP contribution < -0.4 is 11.0 Å². The third-order valence-electron chi connectivity index (χ3n) is 4.46. The molecule has 0 saturated heterocycles. The van der Waals surface area contributed by atoms with Gasteiger partial charge in [0.2, 0.25) is 5.91 Å². The lowest BCUT2D eigenvalue weighted by Gasteiger charge is -2.17. The quantitative estimate of drug-likeness (QED) is 0.600. The summed E-state index contributed by atoms with van der Waals surface area (Å²) in [7, 11) is 0. The largest absolute Gasteiger partial charge is 0.352 e. The number of thioether (sulfide) groups is 1. The fourth-order valence-electron chi connectivity index (χ4n) is 2.82. The van der Waals surface area contributed by atoms with E-state index in [0.29, 0.717) is 17.3 Å². The van der Waals surface area contributed by atoms with Crippen molar-refractivity contribution in [2.24, 2.45) is 0 Å². The number of aromatic nitrogens is 3. The van der Waals surface area contributed by atoms with Gasteiger partial charge in [-0.25, -0.2) is 14.3 Å². The first-order valence-electron chi connectivity index (χ1n) is 9.02. The van der Waals surface area contributed by atoms with E-state index in [-0.39, 0.29) is 23.5 Å². The molecule has 1 saturated carbocycles. The van der Waals surface area contributed by atoms with Crippen LogP contribution in [0.3, 0.4) is 0 Å². The highest BCUT2D eigenvalue weighted by molar-refractivity contribution is 8.00. The molecule has 1 amide bonds. The lowest BCUT2D eigenvalue weighted by Crippen LogP contribution is -2.30. The van der Waals surface area contributed by atoms with Crippen LogP contribution >= 0.6 is 11.8 Å². The molecule has 28 heavy (non-hydrogen) atoms. The lowest BCUT2D eigenvalue weighted by molar-refractivity contribution is -0.120. The Morgan fingerprint density at radius 3 is 2.61 bits per heavy atom. The second-order valence-electron chi connectivity index (χ2n) is 6.72. The molecule has 2 N–H and O–H groups in total. The number of halogens is 1. The summed E-state index contributed by atoms with van der Waals surface area (Å²) >= 11 is 1.18. The van der Waals surface area contributed by atoms with Crippen molar-refractivity contribution < 1.29 is 9.18 Å². The SMILES string of the molecule is O=C(NC1CC1)C(Sc1n[nH]c(=O)n1Cc1ccccc1)c1ccc(F)cc1. The van der Waals surface area contributed by atoms with Crippen LogP contribution in [0.1, 0.15) is 29.2 Å². The maximum Gasteiger partial charge on any atom is 0.344 e. The van der Waals surface area contributed by atoms with Crippen molar-refractivity contribution in [3.8, 4) is 0 Å². The Kier molecular flexibility index (Phi) is 5.29. The van der Waals surface area contributed by atoms with Crippen molar-refractivity contribution in [1.82, 2.24) is 20.1 Å². The Bertz CT molecular complexity index is 1010. The number of carbonyl (C=O) groups excluding carboxylic acids is 1. The van der Waals surface area contributed by atoms with Crippen molar-refractivity contribution in [1.29, 1.82) is 0 Å². The van der Waals surface area contributed by atoms with Crippen LogP contribution in [-0.4, -0.2) is 26.7 Å². The van der Waals surface area contributed by atoms with E-state index in [2.05, 4.69) is 15.5 Å². The van der Waals surface area contributed by atoms with Crippen LogP contribution in [0.2, 0.25) is 0 Å². The summed E-state index contributed by atoms with van der Waals surface area (Å²) in [5, 5.41) is 9.33. The van der Waals surface area contributed by atoms with Gasteiger partial charge in [-0.2, -0.15) is 0 Å². The molecule has 6 nitrogen and oxygen atoms in total. The lowest BCUT2D eigenvalue weighted by atomic mass is 10.1. The second kappa shape index (κ2) is 8.02. The van der Waals surface area contributed by atoms with E-state index in [1.807, 2.05) is 30.3 Å². The number of H-pyrrole nitrogens is 1. The Labute approximate surface area is 165 Å². The summed E-state index contributed by atoms with van der Waals surface area (Å²) in [6.45, 7) is 0.346. The molecule has 3 aromatic rings. The number of rotatable bonds is 7. The summed E-state index contributed by atoms with van der Waals surface area (Å²) in [6.07, 6.45) is 1.93. The van der Waals surface area contributed by atoms with E-state index in [4.69, 9.17) is 0 Å². The Hall–Kier alpha value is -2.87. The molecule has 1 atom stereocenters. The minimum atomic E-state index is -0.633. The van der Waals surface area contributed by atoms with Gasteiger partial charge in [0, 0.05) is 6.04 Å². The van der Waals surface area contributed by atoms with E-state index in [9.17, 15) is 14.0 Å². The molecule has 1 aliphatic carbocycles. The highest BCUT2D eigenvalue weighted by Crippen LogP contribution is 2.35. The van der Waals surface area contributed by atoms with Crippen LogP contribution in [0.5, 0.6) is 0 Å². The number of hydrogen-bond acceptors (Lipinski definition) is 4. The minimum Gasteiger partial charge on any atom is -0.352 e. The van der Waals surface area contributed by atoms with Gasteiger partial charge in [0.05, 0.1) is 6.54 Å². The van der Waals surface area contributed by atoms with Gasteiger partial charge in [-0.3, -0.25) is 9.36 Å². The first-order chi connectivity index (χ1) is 13.6. The molecule has 8 heteroatoms. The molecule has 2 aromatic carbocycles. The zero-order chi connectivity index (χ0) is 19.5. The summed E-state index contributed by atoms with van der Waals surface area (Å²) in [5.41, 5.74) is 1.27. The fourth-order valence-corrected chi connectivity index (χ4v) is 3.87. The predicted octanol–water partition coefficient (Wildman–Crippen LogP) is 2.87. The van der Waals surface area contributed by atoms with Crippen LogP contribution in [0.15, 0.2) is 64.5 Å². The van der Waals surface area contributed by atoms with Gasteiger partial charge >= 0.3 is 5.69 Å². The van der Waals surface area contributed by atoms with E-state index >= 15 is 0 Å². The predicted molar refractivity (Wildman–Crippen MR) is 105 cm³/mol. The monoisotopic (exact) mass is 398 g/mol. The van der Waals surface area contributed by atoms with E-state index in [0.717, 1.165) is 18.4 Å². The number of nitrogens with zero attached hydrogens (tertiary/aromatic N) is 2. The smallest absolute Gasteiger partial charge is 0.344 e. The van der Waals surface area contributed by atoms with Crippen LogP contribution in [0, 0.1) is 5.82 Å². The number of aromatic amines is 1. The number of benzene rings is 2. The number of hydrogen-bond donors (Lipinski definition) is 2. The molecule has 144 valence electrons. The molecule has 1 unspecified atom stereocenters. The van der Waals surface area contributed by atoms with Crippen molar-refractivity contribution in [2.75, 3.05) is 0 Å². The first-order valence-corrected chi connectivity index (χ1v) is 9.90. The van der Waals surface area contributed by atoms with Gasteiger partial charge < -0.3 is 5.32 Å². The average Bonchev–Trinajstić information content (AvgIpc) is 3.45. The highest BCUT2D eigenvalue weighted by Gasteiger charge is 2.30. The van der Waals surface area contributed by atoms with Crippen molar-refractivity contribution >= 4 is 17.7 Å². The summed E-state index contributed by atoms with van der Waals surface area (Å²) in [5.74, 6) is -0.531. The molecule has 0 spiro atoms.